The van der Waals surface area contributed by atoms with Crippen molar-refractivity contribution in [3.05, 3.63) is 39.8 Å². The summed E-state index contributed by atoms with van der Waals surface area (Å²) in [6.07, 6.45) is 10.4. The molecule has 0 aliphatic heterocycles. The van der Waals surface area contributed by atoms with Gasteiger partial charge in [0.2, 0.25) is 0 Å². The van der Waals surface area contributed by atoms with Crippen molar-refractivity contribution < 1.29 is 0 Å². The maximum absolute atomic E-state index is 11.6. The van der Waals surface area contributed by atoms with Crippen LogP contribution in [0.25, 0.3) is 12.2 Å². The van der Waals surface area contributed by atoms with Gasteiger partial charge in [-0.3, -0.25) is 4.79 Å². The molecule has 80 valence electrons. The second kappa shape index (κ2) is 5.29. The summed E-state index contributed by atoms with van der Waals surface area (Å²) in [5.74, 6) is 0. The minimum atomic E-state index is -0.0414. The number of aromatic nitrogens is 2. The van der Waals surface area contributed by atoms with E-state index in [0.29, 0.717) is 0 Å². The van der Waals surface area contributed by atoms with Crippen LogP contribution in [0.1, 0.15) is 31.4 Å². The topological polar surface area (TPSA) is 34.9 Å². The zero-order chi connectivity index (χ0) is 11.3. The summed E-state index contributed by atoms with van der Waals surface area (Å²) < 4.78 is 1.35. The Hall–Kier alpha value is -1.64. The minimum Gasteiger partial charge on any atom is -0.267 e. The number of hydrogen-bond donors (Lipinski definition) is 0. The molecule has 0 saturated heterocycles. The molecule has 0 fully saturated rings. The fourth-order valence-electron chi connectivity index (χ4n) is 1.33. The molecule has 0 aromatic carbocycles. The molecule has 1 aliphatic carbocycles. The van der Waals surface area contributed by atoms with Gasteiger partial charge in [0.15, 0.2) is 0 Å². The van der Waals surface area contributed by atoms with Gasteiger partial charge in [0.05, 0.1) is 6.20 Å². The Morgan fingerprint density at radius 2 is 1.93 bits per heavy atom. The molecule has 3 heteroatoms. The van der Waals surface area contributed by atoms with E-state index < -0.39 is 0 Å². The third kappa shape index (κ3) is 2.43. The molecule has 1 aliphatic rings. The van der Waals surface area contributed by atoms with Gasteiger partial charge < -0.3 is 0 Å². The van der Waals surface area contributed by atoms with Gasteiger partial charge in [-0.25, -0.2) is 4.68 Å². The van der Waals surface area contributed by atoms with E-state index in [4.69, 9.17) is 0 Å². The molecule has 3 nitrogen and oxygen atoms in total. The number of aryl methyl sites for hydroxylation is 1. The largest absolute Gasteiger partial charge is 0.274 e. The van der Waals surface area contributed by atoms with Crippen molar-refractivity contribution in [3.8, 4) is 0 Å². The first kappa shape index (κ1) is 11.4. The Labute approximate surface area is 89.8 Å². The molecule has 1 aromatic rings. The molecule has 1 aromatic heterocycles. The van der Waals surface area contributed by atoms with Crippen molar-refractivity contribution in [3.63, 3.8) is 0 Å². The normalized spacial score (nSPS) is 12.5. The maximum Gasteiger partial charge on any atom is 0.274 e. The monoisotopic (exact) mass is 204 g/mol. The molecule has 0 N–H and O–H groups in total. The quantitative estimate of drug-likeness (QED) is 0.649. The lowest BCUT2D eigenvalue weighted by atomic mass is 10.1. The van der Waals surface area contributed by atoms with Crippen LogP contribution in [0.3, 0.4) is 0 Å². The van der Waals surface area contributed by atoms with Gasteiger partial charge >= 0.3 is 0 Å². The Kier molecular flexibility index (Phi) is 4.03. The maximum atomic E-state index is 11.6. The third-order valence-electron chi connectivity index (χ3n) is 2.06. The van der Waals surface area contributed by atoms with Crippen molar-refractivity contribution in [2.45, 2.75) is 20.3 Å². The smallest absolute Gasteiger partial charge is 0.267 e. The van der Waals surface area contributed by atoms with Crippen molar-refractivity contribution in [1.82, 2.24) is 9.78 Å². The second-order valence-corrected chi connectivity index (χ2v) is 2.98. The summed E-state index contributed by atoms with van der Waals surface area (Å²) in [6.45, 7) is 4.00. The van der Waals surface area contributed by atoms with Crippen LogP contribution < -0.4 is 5.56 Å². The van der Waals surface area contributed by atoms with Crippen LogP contribution in [-0.4, -0.2) is 9.78 Å². The van der Waals surface area contributed by atoms with E-state index >= 15 is 0 Å². The molecule has 0 spiro atoms. The van der Waals surface area contributed by atoms with Gasteiger partial charge in [-0.15, -0.1) is 0 Å². The summed E-state index contributed by atoms with van der Waals surface area (Å²) in [5.41, 5.74) is 1.59. The van der Waals surface area contributed by atoms with Crippen molar-refractivity contribution >= 4 is 12.2 Å². The fourth-order valence-corrected chi connectivity index (χ4v) is 1.33. The molecule has 0 amide bonds. The lowest BCUT2D eigenvalue weighted by Gasteiger charge is -2.00. The zero-order valence-corrected chi connectivity index (χ0v) is 9.40. The van der Waals surface area contributed by atoms with Gasteiger partial charge in [-0.05, 0) is 6.42 Å². The summed E-state index contributed by atoms with van der Waals surface area (Å²) in [6, 6.07) is 0. The molecular formula is C12H16N2O. The molecule has 0 radical (unpaired) electrons. The van der Waals surface area contributed by atoms with Crippen LogP contribution in [0, 0.1) is 0 Å². The van der Waals surface area contributed by atoms with Gasteiger partial charge in [0.1, 0.15) is 0 Å². The Morgan fingerprint density at radius 3 is 2.67 bits per heavy atom. The molecule has 0 unspecified atom stereocenters. The predicted molar refractivity (Wildman–Crippen MR) is 63.5 cm³/mol. The highest BCUT2D eigenvalue weighted by molar-refractivity contribution is 5.65. The van der Waals surface area contributed by atoms with Crippen molar-refractivity contribution in [2.24, 2.45) is 7.05 Å². The number of hydrogen-bond acceptors (Lipinski definition) is 2. The first-order valence-electron chi connectivity index (χ1n) is 5.18. The van der Waals surface area contributed by atoms with E-state index in [1.165, 1.54) is 4.68 Å². The van der Waals surface area contributed by atoms with Crippen LogP contribution in [0.2, 0.25) is 0 Å². The lowest BCUT2D eigenvalue weighted by molar-refractivity contribution is 0.704. The molecule has 0 atom stereocenters. The average Bonchev–Trinajstić information content (AvgIpc) is 2.52. The van der Waals surface area contributed by atoms with E-state index in [2.05, 4.69) is 5.10 Å². The summed E-state index contributed by atoms with van der Waals surface area (Å²) in [5, 5.41) is 3.95. The van der Waals surface area contributed by atoms with Crippen LogP contribution >= 0.6 is 0 Å². The third-order valence-corrected chi connectivity index (χ3v) is 2.06. The lowest BCUT2D eigenvalue weighted by Crippen LogP contribution is -2.22. The molecule has 1 heterocycles. The Morgan fingerprint density at radius 1 is 1.27 bits per heavy atom. The molecule has 2 rings (SSSR count). The fraction of sp³-hybridized carbons (Fsp3) is 0.333. The zero-order valence-electron chi connectivity index (χ0n) is 9.40. The highest BCUT2D eigenvalue weighted by Gasteiger charge is 2.05. The first-order valence-corrected chi connectivity index (χ1v) is 5.18. The Bertz CT molecular complexity index is 441. The molecular weight excluding hydrogens is 188 g/mol. The van der Waals surface area contributed by atoms with Crippen LogP contribution in [0.4, 0.5) is 0 Å². The van der Waals surface area contributed by atoms with E-state index in [1.807, 2.05) is 38.2 Å². The van der Waals surface area contributed by atoms with E-state index in [9.17, 15) is 4.79 Å². The first-order chi connectivity index (χ1) is 7.29. The van der Waals surface area contributed by atoms with Crippen molar-refractivity contribution in [2.75, 3.05) is 0 Å². The molecule has 0 bridgehead atoms. The predicted octanol–water partition coefficient (Wildman–Crippen LogP) is 2.24. The van der Waals surface area contributed by atoms with Gasteiger partial charge in [-0.1, -0.05) is 38.2 Å². The SMILES string of the molecule is CC.Cn1ncc2c(c1=O)C=CCC=C2. The standard InChI is InChI=1S/C10H10N2O.C2H6/c1-12-10(13)9-6-4-2-3-5-8(9)7-11-12;1-2/h3-7H,2H2,1H3;1-2H3. The van der Waals surface area contributed by atoms with Crippen LogP contribution in [-0.2, 0) is 7.05 Å². The van der Waals surface area contributed by atoms with E-state index in [1.54, 1.807) is 13.2 Å². The van der Waals surface area contributed by atoms with E-state index in [0.717, 1.165) is 17.5 Å². The number of rotatable bonds is 0. The van der Waals surface area contributed by atoms with Gasteiger partial charge in [0, 0.05) is 18.2 Å². The molecule has 15 heavy (non-hydrogen) atoms. The van der Waals surface area contributed by atoms with Crippen LogP contribution in [0.15, 0.2) is 23.1 Å². The Balaban J connectivity index is 0.000000531. The highest BCUT2D eigenvalue weighted by atomic mass is 16.1. The van der Waals surface area contributed by atoms with E-state index in [-0.39, 0.29) is 5.56 Å². The number of fused-ring (bicyclic) bond motifs is 1. The second-order valence-electron chi connectivity index (χ2n) is 2.98. The molecule has 0 saturated carbocycles. The highest BCUT2D eigenvalue weighted by Crippen LogP contribution is 2.11. The van der Waals surface area contributed by atoms with Gasteiger partial charge in [-0.2, -0.15) is 5.10 Å². The van der Waals surface area contributed by atoms with Gasteiger partial charge in [0.25, 0.3) is 5.56 Å². The summed E-state index contributed by atoms with van der Waals surface area (Å²) in [4.78, 5) is 11.6. The minimum absolute atomic E-state index is 0.0414. The number of allylic oxidation sites excluding steroid dienone is 2. The number of nitrogens with zero attached hydrogens (tertiary/aromatic N) is 2. The van der Waals surface area contributed by atoms with Crippen LogP contribution in [0.5, 0.6) is 0 Å². The summed E-state index contributed by atoms with van der Waals surface area (Å²) in [7, 11) is 1.66. The summed E-state index contributed by atoms with van der Waals surface area (Å²) >= 11 is 0. The van der Waals surface area contributed by atoms with Crippen molar-refractivity contribution in [1.29, 1.82) is 0 Å². The average molecular weight is 204 g/mol.